The highest BCUT2D eigenvalue weighted by atomic mass is 16.3. The second-order valence-electron chi connectivity index (χ2n) is 5.60. The summed E-state index contributed by atoms with van der Waals surface area (Å²) in [6.45, 7) is 4.46. The fourth-order valence-electron chi connectivity index (χ4n) is 3.09. The number of benzene rings is 1. The first kappa shape index (κ1) is 12.0. The lowest BCUT2D eigenvalue weighted by molar-refractivity contribution is 0.158. The smallest absolute Gasteiger partial charge is 0.0584 e. The number of rotatable bonds is 1. The zero-order valence-corrected chi connectivity index (χ0v) is 11.1. The SMILES string of the molecule is CN1CCN(c2cccc3c2CC(O)CC3)CC1. The van der Waals surface area contributed by atoms with Crippen molar-refractivity contribution in [3.8, 4) is 0 Å². The number of likely N-dealkylation sites (N-methyl/N-ethyl adjacent to an activating group) is 1. The number of piperazine rings is 1. The summed E-state index contributed by atoms with van der Waals surface area (Å²) in [7, 11) is 2.18. The summed E-state index contributed by atoms with van der Waals surface area (Å²) in [5, 5.41) is 9.89. The third-order valence-electron chi connectivity index (χ3n) is 4.28. The normalized spacial score (nSPS) is 25.0. The summed E-state index contributed by atoms with van der Waals surface area (Å²) in [4.78, 5) is 4.86. The quantitative estimate of drug-likeness (QED) is 0.809. The minimum absolute atomic E-state index is 0.147. The standard InChI is InChI=1S/C15H22N2O/c1-16-7-9-17(10-8-16)15-4-2-3-12-5-6-13(18)11-14(12)15/h2-4,13,18H,5-11H2,1H3. The summed E-state index contributed by atoms with van der Waals surface area (Å²) in [6, 6.07) is 6.62. The first-order valence-electron chi connectivity index (χ1n) is 6.96. The fraction of sp³-hybridized carbons (Fsp3) is 0.600. The van der Waals surface area contributed by atoms with Crippen molar-refractivity contribution >= 4 is 5.69 Å². The van der Waals surface area contributed by atoms with Gasteiger partial charge in [-0.2, -0.15) is 0 Å². The van der Waals surface area contributed by atoms with E-state index in [9.17, 15) is 5.11 Å². The summed E-state index contributed by atoms with van der Waals surface area (Å²) in [6.07, 6.45) is 2.63. The van der Waals surface area contributed by atoms with E-state index in [2.05, 4.69) is 35.0 Å². The van der Waals surface area contributed by atoms with E-state index in [4.69, 9.17) is 0 Å². The van der Waals surface area contributed by atoms with Gasteiger partial charge in [0.1, 0.15) is 0 Å². The molecule has 1 aromatic rings. The molecule has 0 bridgehead atoms. The molecule has 1 fully saturated rings. The Morgan fingerprint density at radius 2 is 1.94 bits per heavy atom. The van der Waals surface area contributed by atoms with Crippen LogP contribution in [0.25, 0.3) is 0 Å². The molecule has 1 atom stereocenters. The minimum Gasteiger partial charge on any atom is -0.393 e. The molecular weight excluding hydrogens is 224 g/mol. The Morgan fingerprint density at radius 1 is 1.17 bits per heavy atom. The molecule has 1 aliphatic carbocycles. The Kier molecular flexibility index (Phi) is 3.27. The van der Waals surface area contributed by atoms with Crippen molar-refractivity contribution < 1.29 is 5.11 Å². The molecule has 1 aromatic carbocycles. The second kappa shape index (κ2) is 4.90. The topological polar surface area (TPSA) is 26.7 Å². The predicted octanol–water partition coefficient (Wildman–Crippen LogP) is 1.29. The van der Waals surface area contributed by atoms with Crippen LogP contribution in [0.3, 0.4) is 0 Å². The lowest BCUT2D eigenvalue weighted by Crippen LogP contribution is -2.45. The van der Waals surface area contributed by atoms with Crippen molar-refractivity contribution in [3.05, 3.63) is 29.3 Å². The molecule has 1 unspecified atom stereocenters. The van der Waals surface area contributed by atoms with Crippen LogP contribution in [0.2, 0.25) is 0 Å². The van der Waals surface area contributed by atoms with Gasteiger partial charge in [0.2, 0.25) is 0 Å². The molecule has 98 valence electrons. The van der Waals surface area contributed by atoms with Crippen molar-refractivity contribution in [3.63, 3.8) is 0 Å². The number of aryl methyl sites for hydroxylation is 1. The first-order valence-corrected chi connectivity index (χ1v) is 6.96. The average molecular weight is 246 g/mol. The highest BCUT2D eigenvalue weighted by molar-refractivity contribution is 5.58. The van der Waals surface area contributed by atoms with Crippen LogP contribution in [0.1, 0.15) is 17.5 Å². The van der Waals surface area contributed by atoms with Crippen LogP contribution < -0.4 is 4.90 Å². The van der Waals surface area contributed by atoms with Crippen molar-refractivity contribution in [1.29, 1.82) is 0 Å². The van der Waals surface area contributed by atoms with Gasteiger partial charge in [-0.25, -0.2) is 0 Å². The van der Waals surface area contributed by atoms with Crippen molar-refractivity contribution in [1.82, 2.24) is 4.90 Å². The summed E-state index contributed by atoms with van der Waals surface area (Å²) < 4.78 is 0. The largest absolute Gasteiger partial charge is 0.393 e. The number of hydrogen-bond donors (Lipinski definition) is 1. The minimum atomic E-state index is -0.147. The predicted molar refractivity (Wildman–Crippen MR) is 74.2 cm³/mol. The molecule has 1 saturated heterocycles. The molecular formula is C15H22N2O. The van der Waals surface area contributed by atoms with Crippen LogP contribution in [0, 0.1) is 0 Å². The van der Waals surface area contributed by atoms with E-state index in [1.165, 1.54) is 16.8 Å². The maximum Gasteiger partial charge on any atom is 0.0584 e. The number of aliphatic hydroxyl groups excluding tert-OH is 1. The Bertz CT molecular complexity index is 425. The van der Waals surface area contributed by atoms with E-state index >= 15 is 0 Å². The molecule has 3 rings (SSSR count). The zero-order valence-electron chi connectivity index (χ0n) is 11.1. The van der Waals surface area contributed by atoms with E-state index in [1.54, 1.807) is 0 Å². The van der Waals surface area contributed by atoms with Crippen LogP contribution >= 0.6 is 0 Å². The van der Waals surface area contributed by atoms with Gasteiger partial charge >= 0.3 is 0 Å². The monoisotopic (exact) mass is 246 g/mol. The molecule has 2 aliphatic rings. The Balaban J connectivity index is 1.88. The second-order valence-corrected chi connectivity index (χ2v) is 5.60. The highest BCUT2D eigenvalue weighted by Gasteiger charge is 2.23. The molecule has 3 nitrogen and oxygen atoms in total. The molecule has 1 N–H and O–H groups in total. The lowest BCUT2D eigenvalue weighted by atomic mass is 9.88. The number of nitrogens with zero attached hydrogens (tertiary/aromatic N) is 2. The third-order valence-corrected chi connectivity index (χ3v) is 4.28. The van der Waals surface area contributed by atoms with Gasteiger partial charge < -0.3 is 14.9 Å². The molecule has 0 radical (unpaired) electrons. The van der Waals surface area contributed by atoms with E-state index in [0.29, 0.717) is 0 Å². The van der Waals surface area contributed by atoms with Gasteiger partial charge in [-0.3, -0.25) is 0 Å². The van der Waals surface area contributed by atoms with Gasteiger partial charge in [0.05, 0.1) is 6.10 Å². The van der Waals surface area contributed by atoms with Crippen molar-refractivity contribution in [2.75, 3.05) is 38.1 Å². The molecule has 0 aromatic heterocycles. The van der Waals surface area contributed by atoms with Gasteiger partial charge in [0, 0.05) is 38.3 Å². The fourth-order valence-corrected chi connectivity index (χ4v) is 3.09. The maximum atomic E-state index is 9.89. The summed E-state index contributed by atoms with van der Waals surface area (Å²) in [5.74, 6) is 0. The van der Waals surface area contributed by atoms with Crippen LogP contribution in [0.5, 0.6) is 0 Å². The zero-order chi connectivity index (χ0) is 12.5. The average Bonchev–Trinajstić information content (AvgIpc) is 2.39. The lowest BCUT2D eigenvalue weighted by Gasteiger charge is -2.36. The first-order chi connectivity index (χ1) is 8.74. The van der Waals surface area contributed by atoms with Crippen LogP contribution in [0.4, 0.5) is 5.69 Å². The number of hydrogen-bond acceptors (Lipinski definition) is 3. The van der Waals surface area contributed by atoms with Gasteiger partial charge in [-0.15, -0.1) is 0 Å². The Hall–Kier alpha value is -1.06. The van der Waals surface area contributed by atoms with E-state index in [-0.39, 0.29) is 6.10 Å². The van der Waals surface area contributed by atoms with Crippen LogP contribution in [0.15, 0.2) is 18.2 Å². The third kappa shape index (κ3) is 2.25. The van der Waals surface area contributed by atoms with Gasteiger partial charge in [-0.05, 0) is 37.1 Å². The molecule has 3 heteroatoms. The molecule has 1 heterocycles. The van der Waals surface area contributed by atoms with Gasteiger partial charge in [0.15, 0.2) is 0 Å². The molecule has 0 amide bonds. The number of fused-ring (bicyclic) bond motifs is 1. The molecule has 18 heavy (non-hydrogen) atoms. The maximum absolute atomic E-state index is 9.89. The van der Waals surface area contributed by atoms with Crippen molar-refractivity contribution in [2.45, 2.75) is 25.4 Å². The van der Waals surface area contributed by atoms with E-state index in [1.807, 2.05) is 0 Å². The van der Waals surface area contributed by atoms with Gasteiger partial charge in [0.25, 0.3) is 0 Å². The van der Waals surface area contributed by atoms with Crippen molar-refractivity contribution in [2.24, 2.45) is 0 Å². The Morgan fingerprint density at radius 3 is 2.72 bits per heavy atom. The summed E-state index contributed by atoms with van der Waals surface area (Å²) in [5.41, 5.74) is 4.19. The highest BCUT2D eigenvalue weighted by Crippen LogP contribution is 2.31. The number of aliphatic hydroxyl groups is 1. The molecule has 0 spiro atoms. The molecule has 1 aliphatic heterocycles. The van der Waals surface area contributed by atoms with Crippen LogP contribution in [-0.4, -0.2) is 49.3 Å². The van der Waals surface area contributed by atoms with E-state index in [0.717, 1.165) is 45.4 Å². The van der Waals surface area contributed by atoms with E-state index < -0.39 is 0 Å². The van der Waals surface area contributed by atoms with Crippen LogP contribution in [-0.2, 0) is 12.8 Å². The molecule has 0 saturated carbocycles. The van der Waals surface area contributed by atoms with Gasteiger partial charge in [-0.1, -0.05) is 12.1 Å². The Labute approximate surface area is 109 Å². The summed E-state index contributed by atoms with van der Waals surface area (Å²) >= 11 is 0. The number of anilines is 1.